The minimum Gasteiger partial charge on any atom is -0.493 e. The van der Waals surface area contributed by atoms with Crippen LogP contribution in [0.1, 0.15) is 44.9 Å². The molecule has 28 heavy (non-hydrogen) atoms. The van der Waals surface area contributed by atoms with Crippen LogP contribution in [0.4, 0.5) is 21.8 Å². The standard InChI is InChI=1S/C22H27FN4O/c23-20-15-24-22-26-18-10-6-11-19(14-18)28-12-4-2-1-3-7-16-8-5-9-17(13-16)25-21(20)27-22/h1-2,6,10-11,14-17H,3-5,7-9,12-13H2,(H2,24,25,26,27)/b2-1+. The quantitative estimate of drug-likeness (QED) is 0.594. The van der Waals surface area contributed by atoms with E-state index in [1.165, 1.54) is 25.5 Å². The Morgan fingerprint density at radius 3 is 3.00 bits per heavy atom. The van der Waals surface area contributed by atoms with Gasteiger partial charge >= 0.3 is 0 Å². The Bertz CT molecular complexity index is 826. The van der Waals surface area contributed by atoms with Crippen LogP contribution in [-0.2, 0) is 0 Å². The first-order valence-corrected chi connectivity index (χ1v) is 10.2. The number of allylic oxidation sites excluding steroid dienone is 1. The van der Waals surface area contributed by atoms with Crippen LogP contribution in [0.15, 0.2) is 42.6 Å². The van der Waals surface area contributed by atoms with Crippen molar-refractivity contribution in [1.82, 2.24) is 9.97 Å². The fourth-order valence-corrected chi connectivity index (χ4v) is 4.01. The minimum atomic E-state index is -0.415. The predicted octanol–water partition coefficient (Wildman–Crippen LogP) is 5.45. The maximum atomic E-state index is 14.3. The van der Waals surface area contributed by atoms with E-state index in [0.29, 0.717) is 18.5 Å². The van der Waals surface area contributed by atoms with Crippen LogP contribution < -0.4 is 15.4 Å². The molecule has 2 N–H and O–H groups in total. The van der Waals surface area contributed by atoms with Crippen molar-refractivity contribution in [2.45, 2.75) is 51.0 Å². The van der Waals surface area contributed by atoms with E-state index in [-0.39, 0.29) is 11.9 Å². The average Bonchev–Trinajstić information content (AvgIpc) is 2.70. The smallest absolute Gasteiger partial charge is 0.229 e. The number of anilines is 3. The van der Waals surface area contributed by atoms with Crippen LogP contribution >= 0.6 is 0 Å². The topological polar surface area (TPSA) is 59.1 Å². The first kappa shape index (κ1) is 18.7. The number of hydrogen-bond acceptors (Lipinski definition) is 5. The van der Waals surface area contributed by atoms with Gasteiger partial charge in [0.05, 0.1) is 12.8 Å². The lowest BCUT2D eigenvalue weighted by Crippen LogP contribution is -2.28. The molecule has 0 amide bonds. The van der Waals surface area contributed by atoms with E-state index in [1.54, 1.807) is 0 Å². The summed E-state index contributed by atoms with van der Waals surface area (Å²) in [6.07, 6.45) is 13.4. The summed E-state index contributed by atoms with van der Waals surface area (Å²) >= 11 is 0. The van der Waals surface area contributed by atoms with Crippen molar-refractivity contribution in [2.24, 2.45) is 5.92 Å². The third-order valence-electron chi connectivity index (χ3n) is 5.42. The van der Waals surface area contributed by atoms with Crippen LogP contribution in [0.5, 0.6) is 5.75 Å². The number of aromatic nitrogens is 2. The number of rotatable bonds is 0. The number of hydrogen-bond donors (Lipinski definition) is 2. The monoisotopic (exact) mass is 382 g/mol. The molecule has 0 radical (unpaired) electrons. The van der Waals surface area contributed by atoms with E-state index in [1.807, 2.05) is 24.3 Å². The third kappa shape index (κ3) is 5.00. The van der Waals surface area contributed by atoms with Crippen LogP contribution in [0.25, 0.3) is 0 Å². The fourth-order valence-electron chi connectivity index (χ4n) is 4.01. The van der Waals surface area contributed by atoms with Gasteiger partial charge in [-0.1, -0.05) is 31.1 Å². The molecular weight excluding hydrogens is 355 g/mol. The van der Waals surface area contributed by atoms with Gasteiger partial charge in [-0.25, -0.2) is 9.37 Å². The molecule has 1 aromatic carbocycles. The summed E-state index contributed by atoms with van der Waals surface area (Å²) < 4.78 is 20.1. The number of benzene rings is 1. The number of fused-ring (bicyclic) bond motifs is 6. The highest BCUT2D eigenvalue weighted by molar-refractivity contribution is 5.57. The van der Waals surface area contributed by atoms with Crippen LogP contribution in [0, 0.1) is 11.7 Å². The molecule has 4 rings (SSSR count). The van der Waals surface area contributed by atoms with E-state index >= 15 is 0 Å². The average molecular weight is 382 g/mol. The number of ether oxygens (including phenoxy) is 1. The first-order valence-electron chi connectivity index (χ1n) is 10.2. The van der Waals surface area contributed by atoms with Gasteiger partial charge in [-0.05, 0) is 50.2 Å². The van der Waals surface area contributed by atoms with Crippen molar-refractivity contribution < 1.29 is 9.13 Å². The second-order valence-electron chi connectivity index (χ2n) is 7.60. The third-order valence-corrected chi connectivity index (χ3v) is 5.42. The Morgan fingerprint density at radius 1 is 1.11 bits per heavy atom. The Morgan fingerprint density at radius 2 is 2.04 bits per heavy atom. The molecule has 6 heteroatoms. The Labute approximate surface area is 165 Å². The molecule has 2 heterocycles. The molecule has 1 aromatic heterocycles. The predicted molar refractivity (Wildman–Crippen MR) is 110 cm³/mol. The molecule has 2 atom stereocenters. The van der Waals surface area contributed by atoms with Gasteiger partial charge in [0.25, 0.3) is 0 Å². The normalized spacial score (nSPS) is 23.9. The van der Waals surface area contributed by atoms with Crippen molar-refractivity contribution in [3.05, 3.63) is 48.4 Å². The van der Waals surface area contributed by atoms with Gasteiger partial charge in [0.15, 0.2) is 11.6 Å². The van der Waals surface area contributed by atoms with Gasteiger partial charge in [0.2, 0.25) is 5.95 Å². The van der Waals surface area contributed by atoms with Crippen LogP contribution in [0.2, 0.25) is 0 Å². The van der Waals surface area contributed by atoms with Crippen molar-refractivity contribution in [1.29, 1.82) is 0 Å². The van der Waals surface area contributed by atoms with Gasteiger partial charge in [-0.2, -0.15) is 4.98 Å². The van der Waals surface area contributed by atoms with Crippen molar-refractivity contribution in [2.75, 3.05) is 17.2 Å². The van der Waals surface area contributed by atoms with E-state index in [9.17, 15) is 4.39 Å². The molecule has 2 unspecified atom stereocenters. The summed E-state index contributed by atoms with van der Waals surface area (Å²) in [5.74, 6) is 1.69. The maximum Gasteiger partial charge on any atom is 0.229 e. The highest BCUT2D eigenvalue weighted by atomic mass is 19.1. The van der Waals surface area contributed by atoms with Crippen LogP contribution in [-0.4, -0.2) is 22.6 Å². The molecule has 0 saturated heterocycles. The minimum absolute atomic E-state index is 0.260. The van der Waals surface area contributed by atoms with E-state index in [4.69, 9.17) is 4.74 Å². The zero-order valence-electron chi connectivity index (χ0n) is 16.0. The second kappa shape index (κ2) is 9.04. The molecule has 6 bridgehead atoms. The number of nitrogens with zero attached hydrogens (tertiary/aromatic N) is 2. The Balaban J connectivity index is 1.57. The molecule has 2 aromatic rings. The lowest BCUT2D eigenvalue weighted by atomic mass is 9.83. The molecular formula is C22H27FN4O. The molecule has 1 aliphatic heterocycles. The lowest BCUT2D eigenvalue weighted by Gasteiger charge is -2.30. The highest BCUT2D eigenvalue weighted by Gasteiger charge is 2.23. The van der Waals surface area contributed by atoms with E-state index in [2.05, 4.69) is 32.8 Å². The Hall–Kier alpha value is -2.63. The summed E-state index contributed by atoms with van der Waals surface area (Å²) in [7, 11) is 0. The SMILES string of the molecule is Fc1cnc2nc1NC1CCCC(CC/C=C/CCOc3cccc(c3)N2)C1. The fraction of sp³-hybridized carbons (Fsp3) is 0.455. The van der Waals surface area contributed by atoms with Gasteiger partial charge in [0.1, 0.15) is 5.75 Å². The summed E-state index contributed by atoms with van der Waals surface area (Å²) in [6, 6.07) is 7.91. The molecule has 148 valence electrons. The lowest BCUT2D eigenvalue weighted by molar-refractivity contribution is 0.318. The van der Waals surface area contributed by atoms with Gasteiger partial charge in [0, 0.05) is 17.8 Å². The molecule has 2 aliphatic rings. The van der Waals surface area contributed by atoms with Crippen molar-refractivity contribution >= 4 is 17.5 Å². The molecule has 0 spiro atoms. The highest BCUT2D eigenvalue weighted by Crippen LogP contribution is 2.30. The summed E-state index contributed by atoms with van der Waals surface area (Å²) in [4.78, 5) is 8.46. The number of nitrogens with one attached hydrogen (secondary N) is 2. The van der Waals surface area contributed by atoms with Crippen molar-refractivity contribution in [3.63, 3.8) is 0 Å². The summed E-state index contributed by atoms with van der Waals surface area (Å²) in [5.41, 5.74) is 0.810. The first-order chi connectivity index (χ1) is 13.8. The van der Waals surface area contributed by atoms with Crippen LogP contribution in [0.3, 0.4) is 0 Å². The van der Waals surface area contributed by atoms with E-state index in [0.717, 1.165) is 37.1 Å². The van der Waals surface area contributed by atoms with E-state index < -0.39 is 5.82 Å². The van der Waals surface area contributed by atoms with Gasteiger partial charge < -0.3 is 15.4 Å². The Kier molecular flexibility index (Phi) is 6.04. The maximum absolute atomic E-state index is 14.3. The molecule has 1 aliphatic carbocycles. The largest absolute Gasteiger partial charge is 0.493 e. The van der Waals surface area contributed by atoms with Crippen molar-refractivity contribution in [3.8, 4) is 5.75 Å². The second-order valence-corrected chi connectivity index (χ2v) is 7.60. The van der Waals surface area contributed by atoms with Gasteiger partial charge in [-0.15, -0.1) is 0 Å². The zero-order chi connectivity index (χ0) is 19.2. The zero-order valence-corrected chi connectivity index (χ0v) is 16.0. The number of halogens is 1. The van der Waals surface area contributed by atoms with Gasteiger partial charge in [-0.3, -0.25) is 0 Å². The molecule has 1 saturated carbocycles. The summed E-state index contributed by atoms with van der Waals surface area (Å²) in [5, 5.41) is 6.47. The summed E-state index contributed by atoms with van der Waals surface area (Å²) in [6.45, 7) is 0.645. The molecule has 5 nitrogen and oxygen atoms in total. The molecule has 1 fully saturated rings.